The Bertz CT molecular complexity index is 1140. The first-order chi connectivity index (χ1) is 14.5. The van der Waals surface area contributed by atoms with Crippen molar-refractivity contribution < 1.29 is 9.59 Å². The zero-order valence-electron chi connectivity index (χ0n) is 17.1. The predicted molar refractivity (Wildman–Crippen MR) is 117 cm³/mol. The molecular formula is C24H24ClN3O2. The van der Waals surface area contributed by atoms with Crippen molar-refractivity contribution in [3.63, 3.8) is 0 Å². The summed E-state index contributed by atoms with van der Waals surface area (Å²) in [5.74, 6) is 0.0306. The van der Waals surface area contributed by atoms with Crippen LogP contribution < -0.4 is 0 Å². The van der Waals surface area contributed by atoms with E-state index < -0.39 is 6.04 Å². The normalized spacial score (nSPS) is 22.2. The number of para-hydroxylation sites is 1. The lowest BCUT2D eigenvalue weighted by atomic mass is 9.86. The fourth-order valence-corrected chi connectivity index (χ4v) is 5.00. The van der Waals surface area contributed by atoms with Crippen LogP contribution in [0, 0.1) is 0 Å². The number of fused-ring (bicyclic) bond motifs is 4. The molecule has 0 aliphatic carbocycles. The van der Waals surface area contributed by atoms with Crippen molar-refractivity contribution in [2.75, 3.05) is 6.54 Å². The minimum atomic E-state index is -0.493. The van der Waals surface area contributed by atoms with Gasteiger partial charge in [0, 0.05) is 34.1 Å². The molecule has 0 unspecified atom stereocenters. The summed E-state index contributed by atoms with van der Waals surface area (Å²) in [5.41, 5.74) is 4.10. The number of H-pyrrole nitrogens is 1. The summed E-state index contributed by atoms with van der Waals surface area (Å²) >= 11 is 6.13. The zero-order chi connectivity index (χ0) is 21.0. The molecule has 5 nitrogen and oxygen atoms in total. The second-order valence-electron chi connectivity index (χ2n) is 8.26. The van der Waals surface area contributed by atoms with E-state index >= 15 is 0 Å². The number of aromatic amines is 1. The first-order valence-electron chi connectivity index (χ1n) is 10.5. The average molecular weight is 422 g/mol. The highest BCUT2D eigenvalue weighted by Gasteiger charge is 2.48. The van der Waals surface area contributed by atoms with Crippen LogP contribution in [-0.4, -0.2) is 45.2 Å². The van der Waals surface area contributed by atoms with Crippen LogP contribution in [-0.2, 0) is 16.0 Å². The molecule has 2 amide bonds. The number of benzene rings is 2. The van der Waals surface area contributed by atoms with Crippen molar-refractivity contribution in [1.82, 2.24) is 14.8 Å². The minimum absolute atomic E-state index is 0.0100. The Morgan fingerprint density at radius 1 is 1.13 bits per heavy atom. The number of nitrogens with zero attached hydrogens (tertiary/aromatic N) is 2. The van der Waals surface area contributed by atoms with Crippen LogP contribution >= 0.6 is 11.6 Å². The zero-order valence-corrected chi connectivity index (χ0v) is 17.8. The number of carbonyl (C=O) groups excluding carboxylic acids is 2. The molecule has 1 saturated heterocycles. The second kappa shape index (κ2) is 7.17. The molecule has 3 atom stereocenters. The van der Waals surface area contributed by atoms with Crippen molar-refractivity contribution in [2.24, 2.45) is 0 Å². The fourth-order valence-electron chi connectivity index (χ4n) is 4.87. The van der Waals surface area contributed by atoms with E-state index in [4.69, 9.17) is 11.6 Å². The molecule has 154 valence electrons. The van der Waals surface area contributed by atoms with Gasteiger partial charge in [-0.15, -0.1) is 0 Å². The molecule has 3 heterocycles. The average Bonchev–Trinajstić information content (AvgIpc) is 3.13. The molecule has 0 saturated carbocycles. The smallest absolute Gasteiger partial charge is 0.246 e. The standard InChI is InChI=1S/C24H24ClN3O2/c1-3-14(2)27-13-21(29)28-20(24(27)30)12-18-17-6-4-5-7-19(17)26-22(18)23(28)15-8-10-16(25)11-9-15/h4-11,14,20,23,26H,3,12-13H2,1-2H3/t14-,20+,23+/m0/s1. The second-order valence-corrected chi connectivity index (χ2v) is 8.70. The maximum absolute atomic E-state index is 13.5. The Kier molecular flexibility index (Phi) is 4.58. The van der Waals surface area contributed by atoms with Crippen LogP contribution in [0.3, 0.4) is 0 Å². The topological polar surface area (TPSA) is 56.4 Å². The third-order valence-electron chi connectivity index (χ3n) is 6.60. The van der Waals surface area contributed by atoms with Gasteiger partial charge in [-0.1, -0.05) is 48.9 Å². The molecule has 0 bridgehead atoms. The third-order valence-corrected chi connectivity index (χ3v) is 6.85. The number of nitrogens with one attached hydrogen (secondary N) is 1. The quantitative estimate of drug-likeness (QED) is 0.685. The first kappa shape index (κ1) is 19.2. The van der Waals surface area contributed by atoms with Gasteiger partial charge in [0.1, 0.15) is 12.6 Å². The first-order valence-corrected chi connectivity index (χ1v) is 10.8. The summed E-state index contributed by atoms with van der Waals surface area (Å²) in [4.78, 5) is 34.0. The Hall–Kier alpha value is -2.79. The van der Waals surface area contributed by atoms with Crippen LogP contribution in [0.15, 0.2) is 48.5 Å². The van der Waals surface area contributed by atoms with Gasteiger partial charge in [0.2, 0.25) is 11.8 Å². The Balaban J connectivity index is 1.70. The summed E-state index contributed by atoms with van der Waals surface area (Å²) in [5, 5.41) is 1.76. The monoisotopic (exact) mass is 421 g/mol. The highest BCUT2D eigenvalue weighted by molar-refractivity contribution is 6.30. The van der Waals surface area contributed by atoms with Crippen LogP contribution in [0.2, 0.25) is 5.02 Å². The van der Waals surface area contributed by atoms with Crippen molar-refractivity contribution in [3.8, 4) is 0 Å². The lowest BCUT2D eigenvalue weighted by Gasteiger charge is -2.48. The highest BCUT2D eigenvalue weighted by atomic mass is 35.5. The van der Waals surface area contributed by atoms with Gasteiger partial charge in [0.25, 0.3) is 0 Å². The van der Waals surface area contributed by atoms with Crippen LogP contribution in [0.4, 0.5) is 0 Å². The van der Waals surface area contributed by atoms with Crippen LogP contribution in [0.1, 0.15) is 43.1 Å². The molecule has 1 N–H and O–H groups in total. The van der Waals surface area contributed by atoms with E-state index in [0.29, 0.717) is 11.4 Å². The number of piperazine rings is 1. The highest BCUT2D eigenvalue weighted by Crippen LogP contribution is 2.42. The lowest BCUT2D eigenvalue weighted by molar-refractivity contribution is -0.160. The number of halogens is 1. The van der Waals surface area contributed by atoms with E-state index in [0.717, 1.165) is 34.1 Å². The molecular weight excluding hydrogens is 398 g/mol. The van der Waals surface area contributed by atoms with Crippen LogP contribution in [0.25, 0.3) is 10.9 Å². The van der Waals surface area contributed by atoms with E-state index in [2.05, 4.69) is 11.1 Å². The molecule has 2 aromatic carbocycles. The predicted octanol–water partition coefficient (Wildman–Crippen LogP) is 4.30. The van der Waals surface area contributed by atoms with Crippen molar-refractivity contribution in [3.05, 3.63) is 70.4 Å². The molecule has 1 aromatic heterocycles. The van der Waals surface area contributed by atoms with E-state index in [1.54, 1.807) is 9.80 Å². The van der Waals surface area contributed by atoms with E-state index in [-0.39, 0.29) is 30.4 Å². The number of aromatic nitrogens is 1. The Labute approximate surface area is 180 Å². The van der Waals surface area contributed by atoms with Crippen molar-refractivity contribution in [1.29, 1.82) is 0 Å². The van der Waals surface area contributed by atoms with Gasteiger partial charge in [0.05, 0.1) is 6.04 Å². The van der Waals surface area contributed by atoms with Gasteiger partial charge in [-0.05, 0) is 42.7 Å². The largest absolute Gasteiger partial charge is 0.356 e. The Morgan fingerprint density at radius 3 is 2.60 bits per heavy atom. The maximum Gasteiger partial charge on any atom is 0.246 e. The molecule has 2 aliphatic rings. The minimum Gasteiger partial charge on any atom is -0.356 e. The van der Waals surface area contributed by atoms with Gasteiger partial charge >= 0.3 is 0 Å². The van der Waals surface area contributed by atoms with Crippen molar-refractivity contribution >= 4 is 34.3 Å². The molecule has 2 aliphatic heterocycles. The van der Waals surface area contributed by atoms with E-state index in [1.165, 1.54) is 0 Å². The molecule has 0 radical (unpaired) electrons. The fraction of sp³-hybridized carbons (Fsp3) is 0.333. The molecule has 6 heteroatoms. The van der Waals surface area contributed by atoms with E-state index in [9.17, 15) is 9.59 Å². The van der Waals surface area contributed by atoms with E-state index in [1.807, 2.05) is 56.3 Å². The summed E-state index contributed by atoms with van der Waals surface area (Å²) in [7, 11) is 0. The number of hydrogen-bond acceptors (Lipinski definition) is 2. The van der Waals surface area contributed by atoms with Crippen molar-refractivity contribution in [2.45, 2.75) is 44.8 Å². The number of amides is 2. The molecule has 5 rings (SSSR count). The van der Waals surface area contributed by atoms with Crippen LogP contribution in [0.5, 0.6) is 0 Å². The van der Waals surface area contributed by atoms with Gasteiger partial charge in [-0.25, -0.2) is 0 Å². The molecule has 1 fully saturated rings. The van der Waals surface area contributed by atoms with Gasteiger partial charge < -0.3 is 14.8 Å². The summed E-state index contributed by atoms with van der Waals surface area (Å²) < 4.78 is 0. The lowest BCUT2D eigenvalue weighted by Crippen LogP contribution is -2.64. The summed E-state index contributed by atoms with van der Waals surface area (Å²) in [6.45, 7) is 4.19. The maximum atomic E-state index is 13.5. The van der Waals surface area contributed by atoms with Gasteiger partial charge in [-0.3, -0.25) is 9.59 Å². The number of carbonyl (C=O) groups is 2. The van der Waals surface area contributed by atoms with Gasteiger partial charge in [-0.2, -0.15) is 0 Å². The molecule has 30 heavy (non-hydrogen) atoms. The summed E-state index contributed by atoms with van der Waals surface area (Å²) in [6, 6.07) is 14.9. The SMILES string of the molecule is CC[C@H](C)N1CC(=O)N2[C@H](c3ccc(Cl)cc3)c3[nH]c4ccccc4c3C[C@@H]2C1=O. The Morgan fingerprint density at radius 2 is 1.87 bits per heavy atom. The summed E-state index contributed by atoms with van der Waals surface area (Å²) in [6.07, 6.45) is 1.35. The third kappa shape index (κ3) is 2.83. The van der Waals surface area contributed by atoms with Gasteiger partial charge in [0.15, 0.2) is 0 Å². The molecule has 0 spiro atoms. The molecule has 3 aromatic rings. The number of rotatable bonds is 3. The number of hydrogen-bond donors (Lipinski definition) is 1.